The zero-order chi connectivity index (χ0) is 45.6. The van der Waals surface area contributed by atoms with E-state index in [4.69, 9.17) is 33.2 Å². The number of aliphatic hydroxyl groups is 2. The zero-order valence-electron chi connectivity index (χ0n) is 37.8. The summed E-state index contributed by atoms with van der Waals surface area (Å²) in [6.07, 6.45) is -4.00. The smallest absolute Gasteiger partial charge is 0.407 e. The number of nitrogens with one attached hydrogen (secondary N) is 3. The van der Waals surface area contributed by atoms with Crippen LogP contribution in [0.3, 0.4) is 0 Å². The van der Waals surface area contributed by atoms with Gasteiger partial charge in [-0.2, -0.15) is 0 Å². The number of hydrogen-bond donors (Lipinski definition) is 5. The summed E-state index contributed by atoms with van der Waals surface area (Å²) in [5, 5.41) is 30.6. The molecular weight excluding hydrogens is 819 g/mol. The quantitative estimate of drug-likeness (QED) is 0.0537. The van der Waals surface area contributed by atoms with Gasteiger partial charge in [-0.25, -0.2) is 4.79 Å². The van der Waals surface area contributed by atoms with Crippen LogP contribution in [-0.2, 0) is 28.5 Å². The molecule has 1 saturated heterocycles. The molecule has 0 bridgehead atoms. The Labute approximate surface area is 376 Å². The van der Waals surface area contributed by atoms with Crippen molar-refractivity contribution < 1.29 is 53.0 Å². The molecule has 6 unspecified atom stereocenters. The monoisotopic (exact) mass is 883 g/mol. The Bertz CT molecular complexity index is 2050. The van der Waals surface area contributed by atoms with Gasteiger partial charge >= 0.3 is 6.09 Å². The largest absolute Gasteiger partial charge is 0.497 e. The van der Waals surface area contributed by atoms with E-state index in [2.05, 4.69) is 40.2 Å². The van der Waals surface area contributed by atoms with Gasteiger partial charge in [0.1, 0.15) is 42.5 Å². The van der Waals surface area contributed by atoms with E-state index in [1.54, 1.807) is 19.2 Å². The Morgan fingerprint density at radius 2 is 1.42 bits per heavy atom. The fraction of sp³-hybridized carbons (Fsp3) is 0.480. The number of alkyl carbamates (subject to hydrolysis) is 1. The number of aryl methyl sites for hydroxylation is 1. The highest BCUT2D eigenvalue weighted by molar-refractivity contribution is 5.79. The van der Waals surface area contributed by atoms with E-state index in [1.807, 2.05) is 89.2 Å². The van der Waals surface area contributed by atoms with Crippen molar-refractivity contribution in [3.63, 3.8) is 0 Å². The molecule has 1 heterocycles. The van der Waals surface area contributed by atoms with E-state index in [0.717, 1.165) is 45.4 Å². The van der Waals surface area contributed by atoms with Crippen LogP contribution in [0.25, 0.3) is 11.1 Å². The van der Waals surface area contributed by atoms with Gasteiger partial charge in [-0.15, -0.1) is 0 Å². The van der Waals surface area contributed by atoms with Gasteiger partial charge in [0.25, 0.3) is 5.91 Å². The number of fused-ring (bicyclic) bond motifs is 3. The van der Waals surface area contributed by atoms with E-state index < -0.39 is 42.8 Å². The normalized spacial score (nSPS) is 19.8. The molecule has 0 radical (unpaired) electrons. The molecule has 6 atom stereocenters. The number of carbonyl (C=O) groups is 2. The summed E-state index contributed by atoms with van der Waals surface area (Å²) < 4.78 is 40.5. The second kappa shape index (κ2) is 23.7. The number of carbonyl (C=O) groups excluding carboxylic acids is 2. The van der Waals surface area contributed by atoms with Crippen molar-refractivity contribution in [1.29, 1.82) is 0 Å². The number of aliphatic hydroxyl groups excluding tert-OH is 2. The molecular formula is C50H65N3O11. The molecule has 0 aromatic heterocycles. The molecule has 5 N–H and O–H groups in total. The van der Waals surface area contributed by atoms with E-state index in [0.29, 0.717) is 50.8 Å². The molecule has 1 aliphatic carbocycles. The molecule has 14 nitrogen and oxygen atoms in total. The molecule has 2 aliphatic rings. The van der Waals surface area contributed by atoms with Gasteiger partial charge in [0.2, 0.25) is 0 Å². The van der Waals surface area contributed by atoms with Crippen LogP contribution in [-0.4, -0.2) is 118 Å². The summed E-state index contributed by atoms with van der Waals surface area (Å²) in [7, 11) is 1.62. The minimum absolute atomic E-state index is 0.0664. The molecule has 6 rings (SSSR count). The van der Waals surface area contributed by atoms with E-state index in [1.165, 1.54) is 0 Å². The molecule has 2 amide bonds. The third-order valence-corrected chi connectivity index (χ3v) is 11.2. The van der Waals surface area contributed by atoms with Crippen molar-refractivity contribution >= 4 is 12.0 Å². The zero-order valence-corrected chi connectivity index (χ0v) is 37.8. The fourth-order valence-electron chi connectivity index (χ4n) is 8.13. The minimum atomic E-state index is -1.21. The van der Waals surface area contributed by atoms with E-state index in [9.17, 15) is 19.8 Å². The molecule has 64 heavy (non-hydrogen) atoms. The maximum Gasteiger partial charge on any atom is 0.407 e. The van der Waals surface area contributed by atoms with Crippen LogP contribution in [0, 0.1) is 6.92 Å². The summed E-state index contributed by atoms with van der Waals surface area (Å²) in [4.78, 5) is 26.1. The highest BCUT2D eigenvalue weighted by Crippen LogP contribution is 2.44. The first-order valence-corrected chi connectivity index (χ1v) is 22.3. The summed E-state index contributed by atoms with van der Waals surface area (Å²) in [5.74, 6) is 0.909. The number of amides is 2. The highest BCUT2D eigenvalue weighted by atomic mass is 16.7. The van der Waals surface area contributed by atoms with Crippen molar-refractivity contribution in [2.45, 2.75) is 102 Å². The highest BCUT2D eigenvalue weighted by Gasteiger charge is 2.46. The van der Waals surface area contributed by atoms with Crippen molar-refractivity contribution in [2.75, 3.05) is 53.2 Å². The van der Waals surface area contributed by atoms with Crippen molar-refractivity contribution in [3.05, 3.63) is 119 Å². The van der Waals surface area contributed by atoms with E-state index in [-0.39, 0.29) is 37.2 Å². The van der Waals surface area contributed by atoms with Gasteiger partial charge in [-0.3, -0.25) is 4.79 Å². The van der Waals surface area contributed by atoms with Gasteiger partial charge < -0.3 is 59.3 Å². The second-order valence-electron chi connectivity index (χ2n) is 16.7. The minimum Gasteiger partial charge on any atom is -0.497 e. The summed E-state index contributed by atoms with van der Waals surface area (Å²) in [6.45, 7) is 11.9. The Hall–Kier alpha value is -5.06. The average molecular weight is 884 g/mol. The molecule has 4 aromatic rings. The van der Waals surface area contributed by atoms with E-state index >= 15 is 0 Å². The van der Waals surface area contributed by atoms with Crippen molar-refractivity contribution in [3.8, 4) is 22.6 Å². The average Bonchev–Trinajstić information content (AvgIpc) is 3.61. The van der Waals surface area contributed by atoms with Crippen LogP contribution in [0.5, 0.6) is 11.5 Å². The third kappa shape index (κ3) is 13.0. The molecule has 346 valence electrons. The number of ether oxygens (including phenoxy) is 7. The second-order valence-corrected chi connectivity index (χ2v) is 16.7. The van der Waals surface area contributed by atoms with Gasteiger partial charge in [0.15, 0.2) is 12.9 Å². The van der Waals surface area contributed by atoms with Gasteiger partial charge in [0, 0.05) is 32.2 Å². The lowest BCUT2D eigenvalue weighted by molar-refractivity contribution is -0.312. The summed E-state index contributed by atoms with van der Waals surface area (Å²) in [5.41, 5.74) is 7.23. The summed E-state index contributed by atoms with van der Waals surface area (Å²) in [6, 6.07) is 29.0. The van der Waals surface area contributed by atoms with Gasteiger partial charge in [0.05, 0.1) is 25.4 Å². The van der Waals surface area contributed by atoms with Crippen molar-refractivity contribution in [1.82, 2.24) is 16.0 Å². The predicted molar refractivity (Wildman–Crippen MR) is 243 cm³/mol. The Morgan fingerprint density at radius 3 is 2.06 bits per heavy atom. The number of benzene rings is 4. The lowest BCUT2D eigenvalue weighted by atomic mass is 9.94. The van der Waals surface area contributed by atoms with Gasteiger partial charge in [-0.1, -0.05) is 66.7 Å². The van der Waals surface area contributed by atoms with Crippen LogP contribution >= 0.6 is 0 Å². The fourth-order valence-corrected chi connectivity index (χ4v) is 8.13. The lowest BCUT2D eigenvalue weighted by Crippen LogP contribution is -2.62. The molecule has 1 aliphatic heterocycles. The van der Waals surface area contributed by atoms with Crippen LogP contribution < -0.4 is 25.4 Å². The van der Waals surface area contributed by atoms with Crippen LogP contribution in [0.2, 0.25) is 0 Å². The summed E-state index contributed by atoms with van der Waals surface area (Å²) >= 11 is 0. The maximum atomic E-state index is 13.5. The molecule has 1 fully saturated rings. The third-order valence-electron chi connectivity index (χ3n) is 11.2. The number of hydrogen-bond acceptors (Lipinski definition) is 12. The first-order chi connectivity index (χ1) is 30.9. The first-order valence-electron chi connectivity index (χ1n) is 22.3. The Kier molecular flexibility index (Phi) is 18.0. The maximum absolute atomic E-state index is 13.5. The van der Waals surface area contributed by atoms with Crippen LogP contribution in [0.4, 0.5) is 4.79 Å². The SMILES string of the molecule is COc1ccc(C(NC(=O)OCC2c3ccccc3-c3ccccc32)c2ccc(OCC(=O)NCCCOCCCNCC3OC(OC(C)C)C(O)C(O)C3OC(C)C)cc2)c(C)c1. The molecule has 0 saturated carbocycles. The standard InChI is InChI=1S/C50H65N3O11/c1-31(2)62-48-43(64-49(63-32(3)4)47(56)46(48)55)28-51-23-11-25-59-26-12-24-52-44(54)30-60-35-19-17-34(18-20-35)45(37-22-21-36(58-6)27-33(37)5)53-50(57)61-29-42-40-15-9-7-13-38(40)39-14-8-10-16-41(39)42/h7-10,13-22,27,31-32,42-43,45-49,51,55-56H,11-12,23-26,28-30H2,1-6H3,(H,52,54)(H,53,57). The van der Waals surface area contributed by atoms with Gasteiger partial charge in [-0.05, 0) is 117 Å². The van der Waals surface area contributed by atoms with Crippen LogP contribution in [0.1, 0.15) is 80.3 Å². The Morgan fingerprint density at radius 1 is 0.781 bits per heavy atom. The lowest BCUT2D eigenvalue weighted by Gasteiger charge is -2.43. The Balaban J connectivity index is 0.909. The number of rotatable bonds is 23. The first kappa shape index (κ1) is 48.4. The predicted octanol–water partition coefficient (Wildman–Crippen LogP) is 6.18. The number of methoxy groups -OCH3 is 1. The van der Waals surface area contributed by atoms with Crippen LogP contribution in [0.15, 0.2) is 91.0 Å². The molecule has 4 aromatic carbocycles. The molecule has 14 heteroatoms. The topological polar surface area (TPSA) is 175 Å². The molecule has 0 spiro atoms. The van der Waals surface area contributed by atoms with Crippen molar-refractivity contribution in [2.24, 2.45) is 0 Å².